The highest BCUT2D eigenvalue weighted by Gasteiger charge is 2.25. The van der Waals surface area contributed by atoms with Crippen LogP contribution >= 0.6 is 0 Å². The third kappa shape index (κ3) is 3.84. The van der Waals surface area contributed by atoms with Gasteiger partial charge in [-0.25, -0.2) is 9.18 Å². The summed E-state index contributed by atoms with van der Waals surface area (Å²) < 4.78 is 18.8. The van der Waals surface area contributed by atoms with Crippen LogP contribution in [0.4, 0.5) is 4.39 Å². The lowest BCUT2D eigenvalue weighted by Gasteiger charge is -2.12. The highest BCUT2D eigenvalue weighted by atomic mass is 19.1. The molecule has 0 radical (unpaired) electrons. The van der Waals surface area contributed by atoms with E-state index in [0.717, 1.165) is 36.6 Å². The van der Waals surface area contributed by atoms with Gasteiger partial charge in [0.1, 0.15) is 5.82 Å². The molecule has 0 atom stereocenters. The van der Waals surface area contributed by atoms with Gasteiger partial charge in [-0.15, -0.1) is 0 Å². The first kappa shape index (κ1) is 19.5. The monoisotopic (exact) mass is 407 g/mol. The lowest BCUT2D eigenvalue weighted by molar-refractivity contribution is -0.125. The van der Waals surface area contributed by atoms with E-state index in [1.165, 1.54) is 18.2 Å². The quantitative estimate of drug-likeness (QED) is 0.512. The van der Waals surface area contributed by atoms with Gasteiger partial charge < -0.3 is 4.74 Å². The van der Waals surface area contributed by atoms with Gasteiger partial charge in [0, 0.05) is 11.1 Å². The first-order valence-corrected chi connectivity index (χ1v) is 9.46. The Balaban J connectivity index is 1.41. The largest absolute Gasteiger partial charge is 0.452 e. The first-order valence-electron chi connectivity index (χ1n) is 9.46. The van der Waals surface area contributed by atoms with Crippen LogP contribution in [-0.4, -0.2) is 29.4 Å². The molecule has 1 heterocycles. The highest BCUT2D eigenvalue weighted by molar-refractivity contribution is 6.05. The Labute approximate surface area is 171 Å². The number of rotatable bonds is 4. The zero-order valence-electron chi connectivity index (χ0n) is 15.9. The number of fused-ring (bicyclic) bond motifs is 2. The maximum atomic E-state index is 13.6. The fraction of sp³-hybridized carbons (Fsp3) is 0.182. The lowest BCUT2D eigenvalue weighted by Crippen LogP contribution is -2.43. The Hall–Kier alpha value is -3.81. The van der Waals surface area contributed by atoms with E-state index in [9.17, 15) is 18.8 Å². The molecule has 0 saturated carbocycles. The molecule has 7 nitrogen and oxygen atoms in total. The molecule has 0 aliphatic heterocycles. The first-order chi connectivity index (χ1) is 14.5. The van der Waals surface area contributed by atoms with Gasteiger partial charge in [0.15, 0.2) is 6.61 Å². The summed E-state index contributed by atoms with van der Waals surface area (Å²) in [6.45, 7) is -0.595. The van der Waals surface area contributed by atoms with Gasteiger partial charge in [-0.3, -0.25) is 25.4 Å². The predicted octanol–water partition coefficient (Wildman–Crippen LogP) is 2.48. The van der Waals surface area contributed by atoms with E-state index in [0.29, 0.717) is 16.5 Å². The van der Waals surface area contributed by atoms with Crippen LogP contribution in [0.25, 0.3) is 10.9 Å². The Kier molecular flexibility index (Phi) is 5.38. The summed E-state index contributed by atoms with van der Waals surface area (Å²) in [5, 5.41) is 0.677. The second kappa shape index (κ2) is 8.28. The number of hydrogen-bond acceptors (Lipinski definition) is 5. The normalized spacial score (nSPS) is 12.3. The number of carbonyl (C=O) groups is 3. The number of aryl methyl sites for hydroxylation is 1. The third-order valence-corrected chi connectivity index (χ3v) is 4.89. The van der Waals surface area contributed by atoms with E-state index < -0.39 is 30.2 Å². The van der Waals surface area contributed by atoms with Crippen molar-refractivity contribution in [1.29, 1.82) is 0 Å². The molecule has 1 aliphatic carbocycles. The van der Waals surface area contributed by atoms with Gasteiger partial charge in [-0.05, 0) is 43.0 Å². The van der Waals surface area contributed by atoms with Crippen LogP contribution < -0.4 is 10.9 Å². The number of ether oxygens (including phenoxy) is 1. The lowest BCUT2D eigenvalue weighted by atomic mass is 10.0. The average molecular weight is 407 g/mol. The molecule has 2 amide bonds. The van der Waals surface area contributed by atoms with Gasteiger partial charge in [0.25, 0.3) is 11.8 Å². The Bertz CT molecular complexity index is 1160. The van der Waals surface area contributed by atoms with Crippen molar-refractivity contribution < 1.29 is 23.5 Å². The summed E-state index contributed by atoms with van der Waals surface area (Å²) in [6, 6.07) is 12.7. The molecule has 8 heteroatoms. The number of para-hydroxylation sites is 1. The van der Waals surface area contributed by atoms with Crippen molar-refractivity contribution in [2.45, 2.75) is 19.3 Å². The van der Waals surface area contributed by atoms with Crippen molar-refractivity contribution in [3.63, 3.8) is 0 Å². The molecule has 1 aliphatic rings. The molecule has 2 N–H and O–H groups in total. The maximum absolute atomic E-state index is 13.6. The average Bonchev–Trinajstić information content (AvgIpc) is 3.22. The van der Waals surface area contributed by atoms with E-state index in [2.05, 4.69) is 15.8 Å². The zero-order chi connectivity index (χ0) is 21.1. The minimum atomic E-state index is -0.814. The summed E-state index contributed by atoms with van der Waals surface area (Å²) in [5.41, 5.74) is 6.85. The fourth-order valence-electron chi connectivity index (χ4n) is 3.52. The second-order valence-electron chi connectivity index (χ2n) is 6.84. The van der Waals surface area contributed by atoms with Crippen molar-refractivity contribution in [1.82, 2.24) is 15.8 Å². The number of amides is 2. The molecule has 4 rings (SSSR count). The van der Waals surface area contributed by atoms with Crippen LogP contribution in [0.15, 0.2) is 48.5 Å². The van der Waals surface area contributed by atoms with Crippen LogP contribution in [0.3, 0.4) is 0 Å². The zero-order valence-corrected chi connectivity index (χ0v) is 15.9. The smallest absolute Gasteiger partial charge is 0.339 e. The van der Waals surface area contributed by atoms with Crippen molar-refractivity contribution in [3.8, 4) is 0 Å². The second-order valence-corrected chi connectivity index (χ2v) is 6.84. The van der Waals surface area contributed by atoms with Crippen LogP contribution in [0.2, 0.25) is 0 Å². The molecule has 0 fully saturated rings. The minimum Gasteiger partial charge on any atom is -0.452 e. The molecule has 3 aromatic rings. The summed E-state index contributed by atoms with van der Waals surface area (Å²) in [6.07, 6.45) is 2.42. The Morgan fingerprint density at radius 1 is 1.00 bits per heavy atom. The van der Waals surface area contributed by atoms with Gasteiger partial charge in [-0.1, -0.05) is 30.3 Å². The number of nitrogens with zero attached hydrogens (tertiary/aromatic N) is 1. The van der Waals surface area contributed by atoms with Crippen LogP contribution in [-0.2, 0) is 22.4 Å². The van der Waals surface area contributed by atoms with Gasteiger partial charge >= 0.3 is 5.97 Å². The van der Waals surface area contributed by atoms with E-state index in [4.69, 9.17) is 4.74 Å². The molecule has 152 valence electrons. The van der Waals surface area contributed by atoms with Gasteiger partial charge in [-0.2, -0.15) is 0 Å². The number of benzene rings is 2. The number of esters is 1. The van der Waals surface area contributed by atoms with E-state index in [-0.39, 0.29) is 5.56 Å². The molecule has 0 saturated heterocycles. The molecule has 30 heavy (non-hydrogen) atoms. The Morgan fingerprint density at radius 3 is 2.60 bits per heavy atom. The minimum absolute atomic E-state index is 0.214. The highest BCUT2D eigenvalue weighted by Crippen LogP contribution is 2.30. The number of hydrazine groups is 1. The van der Waals surface area contributed by atoms with Crippen LogP contribution in [0.1, 0.15) is 38.4 Å². The molecule has 0 bridgehead atoms. The number of aromatic nitrogens is 1. The molecular formula is C22H18FN3O4. The van der Waals surface area contributed by atoms with Crippen LogP contribution in [0.5, 0.6) is 0 Å². The van der Waals surface area contributed by atoms with Crippen molar-refractivity contribution in [3.05, 3.63) is 76.7 Å². The summed E-state index contributed by atoms with van der Waals surface area (Å²) in [4.78, 5) is 41.3. The molecule has 2 aromatic carbocycles. The number of hydrogen-bond donors (Lipinski definition) is 2. The van der Waals surface area contributed by atoms with E-state index in [1.54, 1.807) is 6.07 Å². The summed E-state index contributed by atoms with van der Waals surface area (Å²) in [5.74, 6) is -2.90. The molecule has 0 spiro atoms. The Morgan fingerprint density at radius 2 is 1.77 bits per heavy atom. The fourth-order valence-corrected chi connectivity index (χ4v) is 3.52. The van der Waals surface area contributed by atoms with Crippen molar-refractivity contribution >= 4 is 28.7 Å². The molecule has 1 aromatic heterocycles. The van der Waals surface area contributed by atoms with Crippen LogP contribution in [0, 0.1) is 5.82 Å². The maximum Gasteiger partial charge on any atom is 0.339 e. The summed E-state index contributed by atoms with van der Waals surface area (Å²) in [7, 11) is 0. The van der Waals surface area contributed by atoms with E-state index >= 15 is 0 Å². The number of pyridine rings is 1. The molecular weight excluding hydrogens is 389 g/mol. The summed E-state index contributed by atoms with van der Waals surface area (Å²) >= 11 is 0. The number of halogens is 1. The van der Waals surface area contributed by atoms with Crippen molar-refractivity contribution in [2.24, 2.45) is 0 Å². The SMILES string of the molecule is O=C(COC(=O)c1c2c(nc3ccccc13)CCC2)NNC(=O)c1ccccc1F. The standard InChI is InChI=1S/C22H18FN3O4/c23-16-9-3-1-6-13(16)21(28)26-25-19(27)12-30-22(29)20-14-7-2-4-10-17(14)24-18-11-5-8-15(18)20/h1-4,6-7,9-10H,5,8,11-12H2,(H,25,27)(H,26,28). The topological polar surface area (TPSA) is 97.4 Å². The van der Waals surface area contributed by atoms with Gasteiger partial charge in [0.2, 0.25) is 0 Å². The van der Waals surface area contributed by atoms with Gasteiger partial charge in [0.05, 0.1) is 16.6 Å². The predicted molar refractivity (Wildman–Crippen MR) is 106 cm³/mol. The molecule has 0 unspecified atom stereocenters. The van der Waals surface area contributed by atoms with Crippen molar-refractivity contribution in [2.75, 3.05) is 6.61 Å². The van der Waals surface area contributed by atoms with E-state index in [1.807, 2.05) is 18.2 Å². The number of nitrogens with one attached hydrogen (secondary N) is 2. The third-order valence-electron chi connectivity index (χ3n) is 4.89. The number of carbonyl (C=O) groups excluding carboxylic acids is 3.